The van der Waals surface area contributed by atoms with Crippen LogP contribution in [0.5, 0.6) is 0 Å². The summed E-state index contributed by atoms with van der Waals surface area (Å²) >= 11 is 0. The molecular formula is C17H22O3. The molecule has 3 nitrogen and oxygen atoms in total. The second-order valence-electron chi connectivity index (χ2n) is 5.42. The number of carbonyl (C=O) groups is 2. The Balaban J connectivity index is 1.97. The van der Waals surface area contributed by atoms with E-state index in [0.29, 0.717) is 5.56 Å². The third kappa shape index (κ3) is 3.69. The van der Waals surface area contributed by atoms with Gasteiger partial charge in [-0.2, -0.15) is 0 Å². The molecule has 3 heteroatoms. The zero-order chi connectivity index (χ0) is 14.4. The van der Waals surface area contributed by atoms with Crippen molar-refractivity contribution in [1.29, 1.82) is 0 Å². The van der Waals surface area contributed by atoms with Crippen molar-refractivity contribution in [3.8, 4) is 0 Å². The van der Waals surface area contributed by atoms with Gasteiger partial charge in [-0.1, -0.05) is 56.5 Å². The zero-order valence-corrected chi connectivity index (χ0v) is 12.0. The molecule has 0 bridgehead atoms. The number of benzene rings is 1. The maximum absolute atomic E-state index is 12.5. The minimum absolute atomic E-state index is 0.0388. The Hall–Kier alpha value is -1.64. The van der Waals surface area contributed by atoms with Gasteiger partial charge in [0.25, 0.3) is 0 Å². The Kier molecular flexibility index (Phi) is 5.33. The lowest BCUT2D eigenvalue weighted by Crippen LogP contribution is -2.24. The van der Waals surface area contributed by atoms with Crippen molar-refractivity contribution in [2.24, 2.45) is 5.92 Å². The second kappa shape index (κ2) is 7.22. The van der Waals surface area contributed by atoms with E-state index in [4.69, 9.17) is 4.74 Å². The van der Waals surface area contributed by atoms with Gasteiger partial charge in [0.2, 0.25) is 0 Å². The number of carbonyl (C=O) groups excluding carboxylic acids is 2. The molecule has 0 unspecified atom stereocenters. The molecule has 1 aromatic carbocycles. The Morgan fingerprint density at radius 1 is 1.20 bits per heavy atom. The van der Waals surface area contributed by atoms with Crippen molar-refractivity contribution in [3.05, 3.63) is 35.9 Å². The SMILES string of the molecule is CCCCCC[C@@H]1OC(=O)C[C@H]1C(=O)c1ccccc1. The van der Waals surface area contributed by atoms with E-state index in [2.05, 4.69) is 6.92 Å². The molecule has 108 valence electrons. The fraction of sp³-hybridized carbons (Fsp3) is 0.529. The number of ether oxygens (including phenoxy) is 1. The lowest BCUT2D eigenvalue weighted by atomic mass is 9.89. The summed E-state index contributed by atoms with van der Waals surface area (Å²) < 4.78 is 5.34. The van der Waals surface area contributed by atoms with Crippen LogP contribution < -0.4 is 0 Å². The number of hydrogen-bond donors (Lipinski definition) is 0. The lowest BCUT2D eigenvalue weighted by molar-refractivity contribution is -0.141. The maximum atomic E-state index is 12.5. The first kappa shape index (κ1) is 14.8. The van der Waals surface area contributed by atoms with Crippen LogP contribution in [0.25, 0.3) is 0 Å². The van der Waals surface area contributed by atoms with Gasteiger partial charge in [0, 0.05) is 5.56 Å². The summed E-state index contributed by atoms with van der Waals surface area (Å²) in [6, 6.07) is 9.19. The predicted molar refractivity (Wildman–Crippen MR) is 77.5 cm³/mol. The third-order valence-corrected chi connectivity index (χ3v) is 3.86. The number of hydrogen-bond acceptors (Lipinski definition) is 3. The molecule has 1 heterocycles. The first-order valence-corrected chi connectivity index (χ1v) is 7.51. The summed E-state index contributed by atoms with van der Waals surface area (Å²) in [7, 11) is 0. The molecule has 1 aliphatic rings. The quantitative estimate of drug-likeness (QED) is 0.432. The van der Waals surface area contributed by atoms with E-state index in [-0.39, 0.29) is 30.2 Å². The van der Waals surface area contributed by atoms with E-state index in [0.717, 1.165) is 19.3 Å². The average molecular weight is 274 g/mol. The van der Waals surface area contributed by atoms with Crippen LogP contribution in [0.2, 0.25) is 0 Å². The van der Waals surface area contributed by atoms with Gasteiger partial charge in [0.05, 0.1) is 12.3 Å². The van der Waals surface area contributed by atoms with Gasteiger partial charge in [-0.15, -0.1) is 0 Å². The largest absolute Gasteiger partial charge is 0.462 e. The van der Waals surface area contributed by atoms with Crippen LogP contribution in [0.1, 0.15) is 55.8 Å². The van der Waals surface area contributed by atoms with Gasteiger partial charge in [-0.25, -0.2) is 0 Å². The highest BCUT2D eigenvalue weighted by Crippen LogP contribution is 2.29. The Morgan fingerprint density at radius 3 is 2.65 bits per heavy atom. The van der Waals surface area contributed by atoms with Crippen molar-refractivity contribution in [2.75, 3.05) is 0 Å². The van der Waals surface area contributed by atoms with Gasteiger partial charge in [0.1, 0.15) is 6.10 Å². The number of ketones is 1. The van der Waals surface area contributed by atoms with E-state index in [1.807, 2.05) is 18.2 Å². The van der Waals surface area contributed by atoms with Gasteiger partial charge < -0.3 is 4.74 Å². The first-order valence-electron chi connectivity index (χ1n) is 7.51. The highest BCUT2D eigenvalue weighted by molar-refractivity contribution is 6.00. The van der Waals surface area contributed by atoms with E-state index >= 15 is 0 Å². The maximum Gasteiger partial charge on any atom is 0.306 e. The molecule has 0 saturated carbocycles. The molecule has 2 rings (SSSR count). The predicted octanol–water partition coefficient (Wildman–Crippen LogP) is 3.77. The average Bonchev–Trinajstić information content (AvgIpc) is 2.85. The minimum atomic E-state index is -0.300. The number of Topliss-reactive ketones (excluding diaryl/α,β-unsaturated/α-hetero) is 1. The molecule has 0 N–H and O–H groups in total. The number of unbranched alkanes of at least 4 members (excludes halogenated alkanes) is 3. The van der Waals surface area contributed by atoms with Crippen molar-refractivity contribution in [3.63, 3.8) is 0 Å². The van der Waals surface area contributed by atoms with Crippen molar-refractivity contribution < 1.29 is 14.3 Å². The summed E-state index contributed by atoms with van der Waals surface area (Å²) in [6.07, 6.45) is 5.32. The molecule has 0 spiro atoms. The standard InChI is InChI=1S/C17H22O3/c1-2-3-4-8-11-15-14(12-16(18)20-15)17(19)13-9-6-5-7-10-13/h5-7,9-10,14-15H,2-4,8,11-12H2,1H3/t14-,15+/m1/s1. The van der Waals surface area contributed by atoms with Crippen LogP contribution in [0.4, 0.5) is 0 Å². The fourth-order valence-electron chi connectivity index (χ4n) is 2.72. The van der Waals surface area contributed by atoms with Gasteiger partial charge >= 0.3 is 5.97 Å². The molecule has 0 radical (unpaired) electrons. The molecule has 0 amide bonds. The number of rotatable bonds is 7. The van der Waals surface area contributed by atoms with Crippen LogP contribution >= 0.6 is 0 Å². The summed E-state index contributed by atoms with van der Waals surface area (Å²) in [5.74, 6) is -0.497. The normalized spacial score (nSPS) is 21.8. The third-order valence-electron chi connectivity index (χ3n) is 3.86. The minimum Gasteiger partial charge on any atom is -0.462 e. The van der Waals surface area contributed by atoms with Gasteiger partial charge in [-0.3, -0.25) is 9.59 Å². The van der Waals surface area contributed by atoms with Crippen molar-refractivity contribution in [1.82, 2.24) is 0 Å². The fourth-order valence-corrected chi connectivity index (χ4v) is 2.72. The van der Waals surface area contributed by atoms with E-state index < -0.39 is 0 Å². The molecular weight excluding hydrogens is 252 g/mol. The number of cyclic esters (lactones) is 1. The lowest BCUT2D eigenvalue weighted by Gasteiger charge is -2.16. The highest BCUT2D eigenvalue weighted by Gasteiger charge is 2.39. The van der Waals surface area contributed by atoms with E-state index in [1.54, 1.807) is 12.1 Å². The second-order valence-corrected chi connectivity index (χ2v) is 5.42. The van der Waals surface area contributed by atoms with Crippen LogP contribution in [0.3, 0.4) is 0 Å². The molecule has 1 aromatic rings. The zero-order valence-electron chi connectivity index (χ0n) is 12.0. The smallest absolute Gasteiger partial charge is 0.306 e. The Labute approximate surface area is 120 Å². The van der Waals surface area contributed by atoms with Gasteiger partial charge in [0.15, 0.2) is 5.78 Å². The van der Waals surface area contributed by atoms with Crippen LogP contribution in [-0.2, 0) is 9.53 Å². The molecule has 1 fully saturated rings. The summed E-state index contributed by atoms with van der Waals surface area (Å²) in [5, 5.41) is 0. The molecule has 2 atom stereocenters. The monoisotopic (exact) mass is 274 g/mol. The Morgan fingerprint density at radius 2 is 1.95 bits per heavy atom. The topological polar surface area (TPSA) is 43.4 Å². The number of esters is 1. The summed E-state index contributed by atoms with van der Waals surface area (Å²) in [6.45, 7) is 2.16. The summed E-state index contributed by atoms with van der Waals surface area (Å²) in [4.78, 5) is 24.0. The molecule has 1 aliphatic heterocycles. The van der Waals surface area contributed by atoms with Crippen LogP contribution in [0, 0.1) is 5.92 Å². The van der Waals surface area contributed by atoms with Crippen LogP contribution in [0.15, 0.2) is 30.3 Å². The van der Waals surface area contributed by atoms with Crippen molar-refractivity contribution >= 4 is 11.8 Å². The molecule has 1 saturated heterocycles. The summed E-state index contributed by atoms with van der Waals surface area (Å²) in [5.41, 5.74) is 0.675. The van der Waals surface area contributed by atoms with Crippen LogP contribution in [-0.4, -0.2) is 17.9 Å². The van der Waals surface area contributed by atoms with E-state index in [9.17, 15) is 9.59 Å². The molecule has 0 aliphatic carbocycles. The first-order chi connectivity index (χ1) is 9.72. The van der Waals surface area contributed by atoms with Gasteiger partial charge in [-0.05, 0) is 12.8 Å². The molecule has 20 heavy (non-hydrogen) atoms. The highest BCUT2D eigenvalue weighted by atomic mass is 16.5. The van der Waals surface area contributed by atoms with E-state index in [1.165, 1.54) is 12.8 Å². The van der Waals surface area contributed by atoms with Crippen molar-refractivity contribution in [2.45, 2.75) is 51.6 Å². The molecule has 0 aromatic heterocycles. The Bertz CT molecular complexity index is 453.